The van der Waals surface area contributed by atoms with E-state index in [-0.39, 0.29) is 16.7 Å². The number of hydrogen-bond donors (Lipinski definition) is 0. The number of hydrogen-bond acceptors (Lipinski definition) is 4. The number of carbonyl (C=O) groups excluding carboxylic acids is 1. The Balaban J connectivity index is 1.58. The highest BCUT2D eigenvalue weighted by Crippen LogP contribution is 2.68. The second kappa shape index (κ2) is 6.47. The Kier molecular flexibility index (Phi) is 4.56. The van der Waals surface area contributed by atoms with Crippen molar-refractivity contribution >= 4 is 5.78 Å². The van der Waals surface area contributed by atoms with Gasteiger partial charge in [0.2, 0.25) is 0 Å². The van der Waals surface area contributed by atoms with E-state index < -0.39 is 10.7 Å². The molecule has 0 aromatic rings. The van der Waals surface area contributed by atoms with Crippen LogP contribution >= 0.6 is 0 Å². The van der Waals surface area contributed by atoms with Gasteiger partial charge < -0.3 is 0 Å². The Morgan fingerprint density at radius 2 is 1.79 bits per heavy atom. The summed E-state index contributed by atoms with van der Waals surface area (Å²) in [5, 5.41) is 10.3. The third-order valence-electron chi connectivity index (χ3n) is 9.71. The molecule has 28 heavy (non-hydrogen) atoms. The van der Waals surface area contributed by atoms with E-state index in [1.165, 1.54) is 12.8 Å². The summed E-state index contributed by atoms with van der Waals surface area (Å²) in [6, 6.07) is 0. The number of carbonyl (C=O) groups is 1. The maximum absolute atomic E-state index is 12.3. The summed E-state index contributed by atoms with van der Waals surface area (Å²) in [6.45, 7) is 6.55. The molecule has 0 aliphatic heterocycles. The highest BCUT2D eigenvalue weighted by Gasteiger charge is 2.62. The Morgan fingerprint density at radius 1 is 1.07 bits per heavy atom. The molecule has 4 aliphatic rings. The van der Waals surface area contributed by atoms with E-state index in [4.69, 9.17) is 11.3 Å². The molecule has 4 saturated carbocycles. The first-order valence-corrected chi connectivity index (χ1v) is 11.0. The normalized spacial score (nSPS) is 49.9. The maximum atomic E-state index is 12.3. The minimum absolute atomic E-state index is 0.169. The topological polar surface area (TPSA) is 69.4 Å². The number of fused-ring (bicyclic) bond motifs is 5. The van der Waals surface area contributed by atoms with Crippen LogP contribution in [0.4, 0.5) is 0 Å². The highest BCUT2D eigenvalue weighted by atomic mass is 17.0. The number of Topliss-reactive ketones (excluding diaryl/α,β-unsaturated/α-hetero) is 1. The van der Waals surface area contributed by atoms with Crippen LogP contribution in [0.25, 0.3) is 0 Å². The first kappa shape index (κ1) is 19.7. The number of terminal acetylenes is 1. The van der Waals surface area contributed by atoms with Gasteiger partial charge in [-0.05, 0) is 99.2 Å². The minimum Gasteiger partial charge on any atom is -0.300 e. The van der Waals surface area contributed by atoms with Crippen LogP contribution in [0.2, 0.25) is 0 Å². The van der Waals surface area contributed by atoms with Gasteiger partial charge in [-0.25, -0.2) is 0 Å². The minimum atomic E-state index is -1.04. The second-order valence-electron chi connectivity index (χ2n) is 10.6. The highest BCUT2D eigenvalue weighted by molar-refractivity contribution is 5.79. The van der Waals surface area contributed by atoms with E-state index in [1.54, 1.807) is 6.92 Å². The van der Waals surface area contributed by atoms with E-state index in [0.29, 0.717) is 42.3 Å². The molecular formula is C23H33NO4. The summed E-state index contributed by atoms with van der Waals surface area (Å²) in [7, 11) is 0. The Hall–Kier alpha value is -1.57. The van der Waals surface area contributed by atoms with Gasteiger partial charge in [-0.2, -0.15) is 0 Å². The fourth-order valence-corrected chi connectivity index (χ4v) is 8.28. The SMILES string of the molecule is C#C[C@]1(O[N+](=O)[O-])CC[C@@]2(C)[C@@H](CC[C@@H]3[C@@H]2CC[C@]2(C)[C@@H](C(C)=O)CC[C@@H]32)C1. The lowest BCUT2D eigenvalue weighted by Crippen LogP contribution is -2.56. The van der Waals surface area contributed by atoms with Crippen molar-refractivity contribution in [3.8, 4) is 12.3 Å². The van der Waals surface area contributed by atoms with Crippen LogP contribution in [0.5, 0.6) is 0 Å². The molecule has 0 spiro atoms. The molecule has 0 N–H and O–H groups in total. The van der Waals surface area contributed by atoms with Gasteiger partial charge in [-0.1, -0.05) is 19.8 Å². The quantitative estimate of drug-likeness (QED) is 0.396. The fraction of sp³-hybridized carbons (Fsp3) is 0.870. The summed E-state index contributed by atoms with van der Waals surface area (Å²) in [6.07, 6.45) is 14.5. The molecule has 4 aliphatic carbocycles. The van der Waals surface area contributed by atoms with E-state index in [1.807, 2.05) is 0 Å². The molecule has 0 amide bonds. The van der Waals surface area contributed by atoms with Crippen LogP contribution < -0.4 is 0 Å². The van der Waals surface area contributed by atoms with Gasteiger partial charge in [0.05, 0.1) is 0 Å². The van der Waals surface area contributed by atoms with Crippen LogP contribution in [-0.2, 0) is 9.63 Å². The lowest BCUT2D eigenvalue weighted by Gasteiger charge is -2.61. The smallest absolute Gasteiger partial charge is 0.296 e. The predicted octanol–water partition coefficient (Wildman–Crippen LogP) is 4.81. The molecule has 0 aromatic heterocycles. The molecule has 5 nitrogen and oxygen atoms in total. The van der Waals surface area contributed by atoms with E-state index in [2.05, 4.69) is 19.8 Å². The lowest BCUT2D eigenvalue weighted by atomic mass is 9.44. The third kappa shape index (κ3) is 2.70. The molecule has 154 valence electrons. The molecule has 0 unspecified atom stereocenters. The van der Waals surface area contributed by atoms with Crippen LogP contribution in [0, 0.1) is 62.9 Å². The van der Waals surface area contributed by atoms with Crippen molar-refractivity contribution in [2.24, 2.45) is 40.4 Å². The molecule has 8 atom stereocenters. The van der Waals surface area contributed by atoms with Gasteiger partial charge in [0.15, 0.2) is 5.60 Å². The zero-order valence-electron chi connectivity index (χ0n) is 17.4. The van der Waals surface area contributed by atoms with Crippen molar-refractivity contribution < 1.29 is 14.7 Å². The van der Waals surface area contributed by atoms with Crippen molar-refractivity contribution in [3.05, 3.63) is 10.1 Å². The van der Waals surface area contributed by atoms with E-state index >= 15 is 0 Å². The van der Waals surface area contributed by atoms with Crippen molar-refractivity contribution in [1.29, 1.82) is 0 Å². The molecule has 0 aromatic carbocycles. The number of ketones is 1. The van der Waals surface area contributed by atoms with Gasteiger partial charge in [-0.3, -0.25) is 9.63 Å². The fourth-order valence-electron chi connectivity index (χ4n) is 8.28. The van der Waals surface area contributed by atoms with Gasteiger partial charge in [0.1, 0.15) is 5.78 Å². The Morgan fingerprint density at radius 3 is 2.43 bits per heavy atom. The molecule has 0 heterocycles. The van der Waals surface area contributed by atoms with Crippen LogP contribution in [0.1, 0.15) is 78.6 Å². The first-order chi connectivity index (χ1) is 13.2. The maximum Gasteiger partial charge on any atom is 0.296 e. The average Bonchev–Trinajstić information content (AvgIpc) is 2.99. The van der Waals surface area contributed by atoms with Crippen molar-refractivity contribution in [1.82, 2.24) is 0 Å². The van der Waals surface area contributed by atoms with Crippen molar-refractivity contribution in [3.63, 3.8) is 0 Å². The molecule has 4 rings (SSSR count). The second-order valence-corrected chi connectivity index (χ2v) is 10.6. The largest absolute Gasteiger partial charge is 0.300 e. The molecule has 0 bridgehead atoms. The van der Waals surface area contributed by atoms with Gasteiger partial charge >= 0.3 is 0 Å². The molecule has 0 saturated heterocycles. The lowest BCUT2D eigenvalue weighted by molar-refractivity contribution is -0.778. The average molecular weight is 388 g/mol. The zero-order valence-corrected chi connectivity index (χ0v) is 17.4. The Labute approximate surface area is 168 Å². The van der Waals surface area contributed by atoms with Crippen LogP contribution in [0.3, 0.4) is 0 Å². The number of nitrogens with zero attached hydrogens (tertiary/aromatic N) is 1. The summed E-state index contributed by atoms with van der Waals surface area (Å²) >= 11 is 0. The van der Waals surface area contributed by atoms with E-state index in [0.717, 1.165) is 32.1 Å². The van der Waals surface area contributed by atoms with Crippen LogP contribution in [-0.4, -0.2) is 16.5 Å². The monoisotopic (exact) mass is 387 g/mol. The van der Waals surface area contributed by atoms with Gasteiger partial charge in [-0.15, -0.1) is 16.5 Å². The van der Waals surface area contributed by atoms with E-state index in [9.17, 15) is 14.9 Å². The third-order valence-corrected chi connectivity index (χ3v) is 9.71. The molecule has 0 radical (unpaired) electrons. The van der Waals surface area contributed by atoms with Gasteiger partial charge in [0, 0.05) is 5.92 Å². The predicted molar refractivity (Wildman–Crippen MR) is 106 cm³/mol. The Bertz CT molecular complexity index is 729. The molecule has 5 heteroatoms. The van der Waals surface area contributed by atoms with Crippen molar-refractivity contribution in [2.45, 2.75) is 84.2 Å². The number of rotatable bonds is 3. The summed E-state index contributed by atoms with van der Waals surface area (Å²) in [4.78, 5) is 28.3. The van der Waals surface area contributed by atoms with Crippen LogP contribution in [0.15, 0.2) is 0 Å². The summed E-state index contributed by atoms with van der Waals surface area (Å²) in [5.74, 6) is 5.58. The standard InChI is InChI=1S/C23H33NO4/c1-5-23(28-24(26)27)13-12-21(3)16(14-23)6-7-17-19-9-8-18(15(2)25)22(19,4)11-10-20(17)21/h1,16-20H,6-14H2,2-4H3/t16-,17-,18+,19-,20-,21-,22+,23-/m0/s1. The molecular weight excluding hydrogens is 354 g/mol. The van der Waals surface area contributed by atoms with Gasteiger partial charge in [0.25, 0.3) is 5.09 Å². The summed E-state index contributed by atoms with van der Waals surface area (Å²) < 4.78 is 0. The first-order valence-electron chi connectivity index (χ1n) is 11.0. The zero-order chi connectivity index (χ0) is 20.3. The summed E-state index contributed by atoms with van der Waals surface area (Å²) in [5.41, 5.74) is -0.697. The molecule has 4 fully saturated rings. The van der Waals surface area contributed by atoms with Crippen molar-refractivity contribution in [2.75, 3.05) is 0 Å².